The Labute approximate surface area is 105 Å². The lowest BCUT2D eigenvalue weighted by Crippen LogP contribution is -2.23. The number of likely N-dealkylation sites (tertiary alicyclic amines) is 1. The first-order valence-electron chi connectivity index (χ1n) is 7.11. The van der Waals surface area contributed by atoms with E-state index in [0.717, 1.165) is 0 Å². The third-order valence-corrected chi connectivity index (χ3v) is 3.60. The van der Waals surface area contributed by atoms with Gasteiger partial charge in [0.05, 0.1) is 0 Å². The predicted molar refractivity (Wildman–Crippen MR) is 73.6 cm³/mol. The van der Waals surface area contributed by atoms with Gasteiger partial charge in [-0.2, -0.15) is 0 Å². The second-order valence-electron chi connectivity index (χ2n) is 5.07. The van der Waals surface area contributed by atoms with Gasteiger partial charge in [-0.25, -0.2) is 4.58 Å². The molecule has 0 aliphatic carbocycles. The Kier molecular flexibility index (Phi) is 5.34. The lowest BCUT2D eigenvalue weighted by Gasteiger charge is -2.24. The summed E-state index contributed by atoms with van der Waals surface area (Å²) >= 11 is 0. The minimum Gasteiger partial charge on any atom is -0.377 e. The fraction of sp³-hybridized carbons (Fsp3) is 0.667. The van der Waals surface area contributed by atoms with Gasteiger partial charge in [0.25, 0.3) is 0 Å². The summed E-state index contributed by atoms with van der Waals surface area (Å²) in [5.74, 6) is 0. The van der Waals surface area contributed by atoms with Gasteiger partial charge in [0.1, 0.15) is 13.1 Å². The highest BCUT2D eigenvalue weighted by Crippen LogP contribution is 2.08. The van der Waals surface area contributed by atoms with Gasteiger partial charge in [-0.1, -0.05) is 6.08 Å². The number of hydrogen-bond acceptors (Lipinski definition) is 1. The quantitative estimate of drug-likeness (QED) is 0.536. The molecule has 2 fully saturated rings. The Bertz CT molecular complexity index is 288. The zero-order chi connectivity index (χ0) is 11.8. The molecule has 0 aromatic rings. The summed E-state index contributed by atoms with van der Waals surface area (Å²) in [5, 5.41) is 0. The summed E-state index contributed by atoms with van der Waals surface area (Å²) in [5.41, 5.74) is 0. The highest BCUT2D eigenvalue weighted by molar-refractivity contribution is 5.66. The van der Waals surface area contributed by atoms with Crippen LogP contribution in [0, 0.1) is 0 Å². The van der Waals surface area contributed by atoms with E-state index in [1.54, 1.807) is 0 Å². The van der Waals surface area contributed by atoms with E-state index in [4.69, 9.17) is 0 Å². The highest BCUT2D eigenvalue weighted by Gasteiger charge is 2.08. The molecule has 0 radical (unpaired) electrons. The van der Waals surface area contributed by atoms with Crippen LogP contribution in [0.3, 0.4) is 0 Å². The van der Waals surface area contributed by atoms with Crippen molar-refractivity contribution in [3.05, 3.63) is 24.4 Å². The van der Waals surface area contributed by atoms with Crippen LogP contribution in [-0.2, 0) is 0 Å². The van der Waals surface area contributed by atoms with E-state index in [1.165, 1.54) is 64.7 Å². The molecule has 94 valence electrons. The maximum atomic E-state index is 2.43. The summed E-state index contributed by atoms with van der Waals surface area (Å²) in [4.78, 5) is 2.43. The maximum absolute atomic E-state index is 2.43. The summed E-state index contributed by atoms with van der Waals surface area (Å²) in [7, 11) is 0. The van der Waals surface area contributed by atoms with Crippen molar-refractivity contribution in [2.45, 2.75) is 38.5 Å². The van der Waals surface area contributed by atoms with Crippen molar-refractivity contribution in [1.29, 1.82) is 0 Å². The summed E-state index contributed by atoms with van der Waals surface area (Å²) in [6, 6.07) is 0. The second kappa shape index (κ2) is 7.31. The third-order valence-electron chi connectivity index (χ3n) is 3.60. The van der Waals surface area contributed by atoms with Crippen LogP contribution in [0.15, 0.2) is 24.4 Å². The van der Waals surface area contributed by atoms with E-state index in [9.17, 15) is 0 Å². The molecule has 0 unspecified atom stereocenters. The molecule has 0 bridgehead atoms. The monoisotopic (exact) mass is 233 g/mol. The van der Waals surface area contributed by atoms with Crippen LogP contribution in [0.25, 0.3) is 0 Å². The average molecular weight is 233 g/mol. The highest BCUT2D eigenvalue weighted by atomic mass is 15.1. The summed E-state index contributed by atoms with van der Waals surface area (Å²) < 4.78 is 2.43. The lowest BCUT2D eigenvalue weighted by molar-refractivity contribution is -0.532. The fourth-order valence-corrected chi connectivity index (χ4v) is 2.54. The van der Waals surface area contributed by atoms with Gasteiger partial charge in [0.15, 0.2) is 6.21 Å². The Morgan fingerprint density at radius 2 is 1.41 bits per heavy atom. The van der Waals surface area contributed by atoms with E-state index in [2.05, 4.69) is 40.1 Å². The number of rotatable bonds is 3. The minimum atomic E-state index is 1.24. The molecule has 2 rings (SSSR count). The van der Waals surface area contributed by atoms with Gasteiger partial charge >= 0.3 is 0 Å². The van der Waals surface area contributed by atoms with Crippen LogP contribution >= 0.6 is 0 Å². The van der Waals surface area contributed by atoms with E-state index in [-0.39, 0.29) is 0 Å². The first-order valence-corrected chi connectivity index (χ1v) is 7.11. The Hall–Kier alpha value is -1.05. The maximum Gasteiger partial charge on any atom is 0.163 e. The van der Waals surface area contributed by atoms with Gasteiger partial charge < -0.3 is 4.90 Å². The number of allylic oxidation sites excluding steroid dienone is 3. The zero-order valence-corrected chi connectivity index (χ0v) is 10.9. The molecule has 0 amide bonds. The van der Waals surface area contributed by atoms with Crippen LogP contribution in [-0.4, -0.2) is 41.9 Å². The molecular formula is C15H25N2+. The van der Waals surface area contributed by atoms with Crippen molar-refractivity contribution in [1.82, 2.24) is 4.90 Å². The summed E-state index contributed by atoms with van der Waals surface area (Å²) in [6.45, 7) is 4.95. The first kappa shape index (κ1) is 12.4. The molecule has 0 aromatic carbocycles. The molecule has 2 heterocycles. The normalized spacial score (nSPS) is 22.6. The molecule has 2 saturated heterocycles. The molecule has 0 spiro atoms. The molecule has 2 aliphatic heterocycles. The van der Waals surface area contributed by atoms with Crippen molar-refractivity contribution < 1.29 is 4.58 Å². The van der Waals surface area contributed by atoms with Gasteiger partial charge in [-0.05, 0) is 38.0 Å². The number of nitrogens with zero attached hydrogens (tertiary/aromatic N) is 2. The molecule has 2 heteroatoms. The van der Waals surface area contributed by atoms with E-state index >= 15 is 0 Å². The Morgan fingerprint density at radius 1 is 0.706 bits per heavy atom. The first-order chi connectivity index (χ1) is 8.45. The summed E-state index contributed by atoms with van der Waals surface area (Å²) in [6.07, 6.45) is 19.2. The largest absolute Gasteiger partial charge is 0.377 e. The van der Waals surface area contributed by atoms with Crippen molar-refractivity contribution >= 4 is 6.21 Å². The second-order valence-corrected chi connectivity index (χ2v) is 5.07. The van der Waals surface area contributed by atoms with Gasteiger partial charge in [-0.15, -0.1) is 0 Å². The van der Waals surface area contributed by atoms with Gasteiger partial charge in [0.2, 0.25) is 0 Å². The minimum absolute atomic E-state index is 1.24. The van der Waals surface area contributed by atoms with E-state index in [0.29, 0.717) is 0 Å². The van der Waals surface area contributed by atoms with Crippen LogP contribution in [0.1, 0.15) is 38.5 Å². The molecule has 0 saturated carbocycles. The Balaban J connectivity index is 1.70. The van der Waals surface area contributed by atoms with Crippen molar-refractivity contribution in [2.24, 2.45) is 0 Å². The van der Waals surface area contributed by atoms with Crippen LogP contribution < -0.4 is 0 Å². The topological polar surface area (TPSA) is 6.25 Å². The molecular weight excluding hydrogens is 208 g/mol. The molecule has 0 atom stereocenters. The molecule has 17 heavy (non-hydrogen) atoms. The fourth-order valence-electron chi connectivity index (χ4n) is 2.54. The van der Waals surface area contributed by atoms with E-state index in [1.807, 2.05) is 0 Å². The molecule has 2 nitrogen and oxygen atoms in total. The lowest BCUT2D eigenvalue weighted by atomic mass is 10.1. The molecule has 0 N–H and O–H groups in total. The molecule has 2 aliphatic rings. The number of piperidine rings is 2. The average Bonchev–Trinajstić information content (AvgIpc) is 2.41. The van der Waals surface area contributed by atoms with Crippen LogP contribution in [0.2, 0.25) is 0 Å². The predicted octanol–water partition coefficient (Wildman–Crippen LogP) is 2.81. The third kappa shape index (κ3) is 4.76. The molecule has 0 aromatic heterocycles. The Morgan fingerprint density at radius 3 is 2.18 bits per heavy atom. The van der Waals surface area contributed by atoms with E-state index < -0.39 is 0 Å². The smallest absolute Gasteiger partial charge is 0.163 e. The van der Waals surface area contributed by atoms with Crippen molar-refractivity contribution in [3.8, 4) is 0 Å². The van der Waals surface area contributed by atoms with Gasteiger partial charge in [-0.3, -0.25) is 0 Å². The van der Waals surface area contributed by atoms with Crippen molar-refractivity contribution in [2.75, 3.05) is 26.2 Å². The number of hydrogen-bond donors (Lipinski definition) is 0. The van der Waals surface area contributed by atoms with Crippen LogP contribution in [0.5, 0.6) is 0 Å². The standard InChI is InChI=1S/C15H25N2/c1-4-10-16(11-5-1)14-8-3-9-15-17-12-6-2-7-13-17/h3,8-9,14-15H,1-2,4-7,10-13H2/q+1. The SMILES string of the molecule is C(=CC=[N+]1CCCCC1)C=CN1CCCCC1. The van der Waals surface area contributed by atoms with Gasteiger partial charge in [0, 0.05) is 32.0 Å². The zero-order valence-electron chi connectivity index (χ0n) is 10.9. The van der Waals surface area contributed by atoms with Crippen LogP contribution in [0.4, 0.5) is 0 Å². The van der Waals surface area contributed by atoms with Crippen molar-refractivity contribution in [3.63, 3.8) is 0 Å².